The highest BCUT2D eigenvalue weighted by atomic mass is 16.6. The van der Waals surface area contributed by atoms with Gasteiger partial charge in [0, 0.05) is 5.56 Å². The summed E-state index contributed by atoms with van der Waals surface area (Å²) in [4.78, 5) is 22.8. The van der Waals surface area contributed by atoms with E-state index >= 15 is 0 Å². The van der Waals surface area contributed by atoms with E-state index < -0.39 is 16.9 Å². The van der Waals surface area contributed by atoms with E-state index in [1.165, 1.54) is 17.8 Å². The first-order chi connectivity index (χ1) is 11.9. The van der Waals surface area contributed by atoms with Gasteiger partial charge < -0.3 is 4.74 Å². The largest absolute Gasteiger partial charge is 0.496 e. The molecule has 1 aromatic heterocycles. The summed E-state index contributed by atoms with van der Waals surface area (Å²) in [7, 11) is 1.54. The van der Waals surface area contributed by atoms with Crippen molar-refractivity contribution in [1.29, 1.82) is 0 Å². The standard InChI is InChI=1S/C16H19N5O4/c1-10-15(21(23)24)11(2)20(19-10)12(3)16(22)18-17-9-13-7-5-6-8-14(13)25-4/h5-9,12H,1-4H3,(H,18,22)/b17-9+. The number of carbonyl (C=O) groups excluding carboxylic acids is 1. The van der Waals surface area contributed by atoms with Gasteiger partial charge in [-0.3, -0.25) is 19.6 Å². The Balaban J connectivity index is 2.12. The van der Waals surface area contributed by atoms with E-state index in [0.717, 1.165) is 0 Å². The van der Waals surface area contributed by atoms with Crippen molar-refractivity contribution in [3.8, 4) is 5.75 Å². The molecule has 1 N–H and O–H groups in total. The van der Waals surface area contributed by atoms with Gasteiger partial charge >= 0.3 is 5.69 Å². The highest BCUT2D eigenvalue weighted by molar-refractivity contribution is 5.86. The predicted molar refractivity (Wildman–Crippen MR) is 91.8 cm³/mol. The zero-order valence-electron chi connectivity index (χ0n) is 14.4. The summed E-state index contributed by atoms with van der Waals surface area (Å²) >= 11 is 0. The van der Waals surface area contributed by atoms with Gasteiger partial charge in [0.15, 0.2) is 0 Å². The van der Waals surface area contributed by atoms with Crippen LogP contribution in [0.3, 0.4) is 0 Å². The lowest BCUT2D eigenvalue weighted by molar-refractivity contribution is -0.386. The molecule has 9 heteroatoms. The van der Waals surface area contributed by atoms with Crippen molar-refractivity contribution < 1.29 is 14.5 Å². The quantitative estimate of drug-likeness (QED) is 0.490. The number of aryl methyl sites for hydroxylation is 1. The molecule has 2 aromatic rings. The molecule has 0 radical (unpaired) electrons. The zero-order chi connectivity index (χ0) is 18.6. The molecule has 0 bridgehead atoms. The molecule has 0 saturated heterocycles. The Morgan fingerprint density at radius 3 is 2.72 bits per heavy atom. The molecule has 0 aliphatic rings. The van der Waals surface area contributed by atoms with Gasteiger partial charge in [-0.25, -0.2) is 5.43 Å². The molecule has 132 valence electrons. The Morgan fingerprint density at radius 1 is 1.44 bits per heavy atom. The van der Waals surface area contributed by atoms with Gasteiger partial charge in [-0.15, -0.1) is 0 Å². The lowest BCUT2D eigenvalue weighted by atomic mass is 10.2. The number of carbonyl (C=O) groups is 1. The third-order valence-corrected chi connectivity index (χ3v) is 3.73. The smallest absolute Gasteiger partial charge is 0.312 e. The average Bonchev–Trinajstić information content (AvgIpc) is 2.89. The highest BCUT2D eigenvalue weighted by Crippen LogP contribution is 2.24. The molecule has 9 nitrogen and oxygen atoms in total. The van der Waals surface area contributed by atoms with Crippen LogP contribution in [0.2, 0.25) is 0 Å². The molecule has 2 rings (SSSR count). The number of nitrogens with one attached hydrogen (secondary N) is 1. The zero-order valence-corrected chi connectivity index (χ0v) is 14.4. The minimum Gasteiger partial charge on any atom is -0.496 e. The summed E-state index contributed by atoms with van der Waals surface area (Å²) in [5.41, 5.74) is 3.61. The van der Waals surface area contributed by atoms with Crippen LogP contribution in [-0.2, 0) is 4.79 Å². The third-order valence-electron chi connectivity index (χ3n) is 3.73. The van der Waals surface area contributed by atoms with Gasteiger partial charge in [0.2, 0.25) is 0 Å². The topological polar surface area (TPSA) is 112 Å². The molecular formula is C16H19N5O4. The Hall–Kier alpha value is -3.23. The molecule has 0 fully saturated rings. The summed E-state index contributed by atoms with van der Waals surface area (Å²) in [6.07, 6.45) is 1.47. The predicted octanol–water partition coefficient (Wildman–Crippen LogP) is 2.13. The van der Waals surface area contributed by atoms with Gasteiger partial charge in [0.25, 0.3) is 5.91 Å². The number of hydrogen-bond donors (Lipinski definition) is 1. The van der Waals surface area contributed by atoms with Crippen molar-refractivity contribution in [2.24, 2.45) is 5.10 Å². The Labute approximate surface area is 144 Å². The Kier molecular flexibility index (Phi) is 5.48. The van der Waals surface area contributed by atoms with Crippen LogP contribution in [0.4, 0.5) is 5.69 Å². The number of ether oxygens (including phenoxy) is 1. The van der Waals surface area contributed by atoms with Gasteiger partial charge in [-0.2, -0.15) is 10.2 Å². The van der Waals surface area contributed by atoms with Gasteiger partial charge in [0.1, 0.15) is 23.2 Å². The SMILES string of the molecule is COc1ccccc1/C=N/NC(=O)C(C)n1nc(C)c([N+](=O)[O-])c1C. The second-order valence-electron chi connectivity index (χ2n) is 5.37. The van der Waals surface area contributed by atoms with Gasteiger partial charge in [-0.05, 0) is 32.9 Å². The second kappa shape index (κ2) is 7.56. The van der Waals surface area contributed by atoms with Crippen molar-refractivity contribution in [2.75, 3.05) is 7.11 Å². The van der Waals surface area contributed by atoms with Crippen LogP contribution in [0.1, 0.15) is 29.9 Å². The molecule has 1 aromatic carbocycles. The molecule has 0 aliphatic heterocycles. The van der Waals surface area contributed by atoms with Crippen LogP contribution >= 0.6 is 0 Å². The maximum absolute atomic E-state index is 12.2. The monoisotopic (exact) mass is 345 g/mol. The van der Waals surface area contributed by atoms with Crippen molar-refractivity contribution in [3.63, 3.8) is 0 Å². The van der Waals surface area contributed by atoms with Gasteiger partial charge in [-0.1, -0.05) is 12.1 Å². The van der Waals surface area contributed by atoms with E-state index in [4.69, 9.17) is 4.74 Å². The van der Waals surface area contributed by atoms with E-state index in [-0.39, 0.29) is 11.4 Å². The van der Waals surface area contributed by atoms with Gasteiger partial charge in [0.05, 0.1) is 18.2 Å². The molecule has 0 spiro atoms. The van der Waals surface area contributed by atoms with Crippen LogP contribution in [0.25, 0.3) is 0 Å². The lowest BCUT2D eigenvalue weighted by Gasteiger charge is -2.11. The van der Waals surface area contributed by atoms with Crippen molar-refractivity contribution in [3.05, 3.63) is 51.3 Å². The van der Waals surface area contributed by atoms with Crippen LogP contribution in [0, 0.1) is 24.0 Å². The summed E-state index contributed by atoms with van der Waals surface area (Å²) in [6, 6.07) is 6.47. The Bertz CT molecular complexity index is 828. The fourth-order valence-electron chi connectivity index (χ4n) is 2.44. The number of benzene rings is 1. The fourth-order valence-corrected chi connectivity index (χ4v) is 2.44. The molecule has 25 heavy (non-hydrogen) atoms. The fraction of sp³-hybridized carbons (Fsp3) is 0.312. The summed E-state index contributed by atoms with van der Waals surface area (Å²) < 4.78 is 6.51. The average molecular weight is 345 g/mol. The number of hydrazone groups is 1. The first kappa shape index (κ1) is 18.1. The van der Waals surface area contributed by atoms with Crippen LogP contribution in [0.5, 0.6) is 5.75 Å². The molecule has 0 aliphatic carbocycles. The number of nitrogens with zero attached hydrogens (tertiary/aromatic N) is 4. The van der Waals surface area contributed by atoms with E-state index in [2.05, 4.69) is 15.6 Å². The van der Waals surface area contributed by atoms with Crippen LogP contribution < -0.4 is 10.2 Å². The third kappa shape index (κ3) is 3.82. The minimum absolute atomic E-state index is 0.0860. The Morgan fingerprint density at radius 2 is 2.12 bits per heavy atom. The van der Waals surface area contributed by atoms with Crippen LogP contribution in [-0.4, -0.2) is 33.9 Å². The first-order valence-corrected chi connectivity index (χ1v) is 7.52. The van der Waals surface area contributed by atoms with E-state index in [1.54, 1.807) is 33.1 Å². The summed E-state index contributed by atoms with van der Waals surface area (Å²) in [5, 5.41) is 19.1. The molecule has 1 unspecified atom stereocenters. The van der Waals surface area contributed by atoms with Crippen molar-refractivity contribution in [2.45, 2.75) is 26.8 Å². The normalized spacial score (nSPS) is 12.2. The number of para-hydroxylation sites is 1. The van der Waals surface area contributed by atoms with Crippen molar-refractivity contribution in [1.82, 2.24) is 15.2 Å². The highest BCUT2D eigenvalue weighted by Gasteiger charge is 2.26. The number of nitro groups is 1. The maximum Gasteiger partial charge on any atom is 0.312 e. The molecule has 1 amide bonds. The van der Waals surface area contributed by atoms with E-state index in [1.807, 2.05) is 12.1 Å². The maximum atomic E-state index is 12.2. The number of rotatable bonds is 6. The summed E-state index contributed by atoms with van der Waals surface area (Å²) in [6.45, 7) is 4.68. The number of methoxy groups -OCH3 is 1. The number of hydrogen-bond acceptors (Lipinski definition) is 6. The molecular weight excluding hydrogens is 326 g/mol. The molecule has 1 heterocycles. The summed E-state index contributed by atoms with van der Waals surface area (Å²) in [5.74, 6) is 0.189. The number of amides is 1. The first-order valence-electron chi connectivity index (χ1n) is 7.52. The number of aromatic nitrogens is 2. The van der Waals surface area contributed by atoms with E-state index in [0.29, 0.717) is 17.0 Å². The lowest BCUT2D eigenvalue weighted by Crippen LogP contribution is -2.28. The molecule has 0 saturated carbocycles. The molecule has 1 atom stereocenters. The second-order valence-corrected chi connectivity index (χ2v) is 5.37. The van der Waals surface area contributed by atoms with E-state index in [9.17, 15) is 14.9 Å². The minimum atomic E-state index is -0.748. The van der Waals surface area contributed by atoms with Crippen molar-refractivity contribution >= 4 is 17.8 Å². The van der Waals surface area contributed by atoms with Crippen LogP contribution in [0.15, 0.2) is 29.4 Å².